The summed E-state index contributed by atoms with van der Waals surface area (Å²) in [4.78, 5) is 20.4. The smallest absolute Gasteiger partial charge is 0.246 e. The Kier molecular flexibility index (Phi) is 5.01. The highest BCUT2D eigenvalue weighted by molar-refractivity contribution is 5.98. The predicted molar refractivity (Wildman–Crippen MR) is 93.2 cm³/mol. The molecule has 1 aliphatic heterocycles. The van der Waals surface area contributed by atoms with Gasteiger partial charge in [-0.25, -0.2) is 0 Å². The van der Waals surface area contributed by atoms with Gasteiger partial charge in [-0.3, -0.25) is 14.5 Å². The summed E-state index contributed by atoms with van der Waals surface area (Å²) < 4.78 is 6.96. The van der Waals surface area contributed by atoms with Crippen LogP contribution in [0.5, 0.6) is 0 Å². The van der Waals surface area contributed by atoms with E-state index in [9.17, 15) is 4.79 Å². The lowest BCUT2D eigenvalue weighted by Crippen LogP contribution is -2.55. The third-order valence-electron chi connectivity index (χ3n) is 4.13. The molecule has 0 unspecified atom stereocenters. The minimum atomic E-state index is 0.0233. The third-order valence-corrected chi connectivity index (χ3v) is 4.13. The van der Waals surface area contributed by atoms with Crippen LogP contribution in [0, 0.1) is 0 Å². The first-order chi connectivity index (χ1) is 12.1. The minimum absolute atomic E-state index is 0.0233. The molecular weight excluding hydrogens is 322 g/mol. The van der Waals surface area contributed by atoms with Gasteiger partial charge >= 0.3 is 0 Å². The second-order valence-electron chi connectivity index (χ2n) is 5.88. The summed E-state index contributed by atoms with van der Waals surface area (Å²) in [7, 11) is 3.54. The van der Waals surface area contributed by atoms with Crippen molar-refractivity contribution in [2.75, 3.05) is 31.6 Å². The molecule has 0 spiro atoms. The highest BCUT2D eigenvalue weighted by atomic mass is 16.5. The van der Waals surface area contributed by atoms with E-state index in [0.717, 1.165) is 23.6 Å². The first kappa shape index (κ1) is 17.0. The van der Waals surface area contributed by atoms with Gasteiger partial charge in [0.25, 0.3) is 0 Å². The average molecular weight is 345 g/mol. The van der Waals surface area contributed by atoms with Gasteiger partial charge in [-0.1, -0.05) is 12.1 Å². The molecular formula is C16H23N7O2. The number of amides is 1. The van der Waals surface area contributed by atoms with Crippen molar-refractivity contribution in [2.24, 2.45) is 12.0 Å². The lowest BCUT2D eigenvalue weighted by Gasteiger charge is -2.35. The number of rotatable bonds is 4. The molecule has 0 atom stereocenters. The molecule has 2 aromatic heterocycles. The number of hydrogen-bond acceptors (Lipinski definition) is 5. The summed E-state index contributed by atoms with van der Waals surface area (Å²) in [6.45, 7) is 4.06. The Balaban J connectivity index is 1.58. The van der Waals surface area contributed by atoms with Crippen LogP contribution in [0.15, 0.2) is 28.0 Å². The van der Waals surface area contributed by atoms with Crippen molar-refractivity contribution in [1.82, 2.24) is 25.2 Å². The number of nitrogens with zero attached hydrogens (tertiary/aromatic N) is 6. The Bertz CT molecular complexity index is 764. The number of aromatic nitrogens is 3. The molecule has 134 valence electrons. The zero-order chi connectivity index (χ0) is 17.8. The molecule has 3 rings (SSSR count). The molecule has 9 nitrogen and oxygen atoms in total. The summed E-state index contributed by atoms with van der Waals surface area (Å²) in [5.41, 5.74) is 1.75. The number of aliphatic imine (C=N–C) groups is 1. The predicted octanol–water partition coefficient (Wildman–Crippen LogP) is 0.395. The Labute approximate surface area is 146 Å². The third kappa shape index (κ3) is 3.81. The first-order valence-corrected chi connectivity index (χ1v) is 8.29. The molecule has 0 saturated carbocycles. The van der Waals surface area contributed by atoms with Gasteiger partial charge in [0, 0.05) is 39.4 Å². The molecule has 0 aromatic carbocycles. The lowest BCUT2D eigenvalue weighted by atomic mass is 10.3. The fraction of sp³-hybridized carbons (Fsp3) is 0.500. The lowest BCUT2D eigenvalue weighted by molar-refractivity contribution is -0.120. The molecule has 9 heteroatoms. The second kappa shape index (κ2) is 7.37. The van der Waals surface area contributed by atoms with E-state index in [1.807, 2.05) is 31.1 Å². The molecule has 3 heterocycles. The normalized spacial score (nSPS) is 15.8. The number of guanidine groups is 1. The van der Waals surface area contributed by atoms with Crippen LogP contribution in [0.1, 0.15) is 18.4 Å². The summed E-state index contributed by atoms with van der Waals surface area (Å²) in [6, 6.07) is 1.92. The van der Waals surface area contributed by atoms with E-state index < -0.39 is 0 Å². The number of nitrogens with one attached hydrogen (secondary N) is 1. The fourth-order valence-electron chi connectivity index (χ4n) is 2.78. The standard InChI is InChI=1S/C16H23N7O2/c1-4-12-7-14(25-20-12)9-18-16(17-2)22-5-6-23(15(24)11-22)13-8-19-21(3)10-13/h7-8,10H,4-6,9,11H2,1-3H3,(H,17,18). The quantitative estimate of drug-likeness (QED) is 0.637. The number of carbonyl (C=O) groups excluding carboxylic acids is 1. The zero-order valence-electron chi connectivity index (χ0n) is 14.8. The van der Waals surface area contributed by atoms with Gasteiger partial charge < -0.3 is 19.6 Å². The molecule has 1 fully saturated rings. The van der Waals surface area contributed by atoms with Gasteiger partial charge in [-0.15, -0.1) is 0 Å². The van der Waals surface area contributed by atoms with E-state index in [4.69, 9.17) is 4.52 Å². The van der Waals surface area contributed by atoms with Gasteiger partial charge in [0.1, 0.15) is 6.54 Å². The maximum Gasteiger partial charge on any atom is 0.246 e. The second-order valence-corrected chi connectivity index (χ2v) is 5.88. The van der Waals surface area contributed by atoms with Crippen molar-refractivity contribution < 1.29 is 9.32 Å². The largest absolute Gasteiger partial charge is 0.359 e. The molecule has 1 saturated heterocycles. The van der Waals surface area contributed by atoms with Crippen LogP contribution >= 0.6 is 0 Å². The SMILES string of the molecule is CCc1cc(CNC(=NC)N2CCN(c3cnn(C)c3)C(=O)C2)on1. The molecule has 1 amide bonds. The Morgan fingerprint density at radius 2 is 2.28 bits per heavy atom. The van der Waals surface area contributed by atoms with E-state index >= 15 is 0 Å². The van der Waals surface area contributed by atoms with Crippen molar-refractivity contribution in [1.29, 1.82) is 0 Å². The molecule has 0 radical (unpaired) electrons. The number of piperazine rings is 1. The van der Waals surface area contributed by atoms with Crippen molar-refractivity contribution in [3.63, 3.8) is 0 Å². The summed E-state index contributed by atoms with van der Waals surface area (Å²) in [5, 5.41) is 11.3. The van der Waals surface area contributed by atoms with Crippen molar-refractivity contribution in [2.45, 2.75) is 19.9 Å². The van der Waals surface area contributed by atoms with Gasteiger partial charge in [-0.05, 0) is 6.42 Å². The van der Waals surface area contributed by atoms with E-state index in [1.54, 1.807) is 22.8 Å². The van der Waals surface area contributed by atoms with Crippen LogP contribution in [-0.4, -0.2) is 58.4 Å². The maximum absolute atomic E-state index is 12.5. The highest BCUT2D eigenvalue weighted by Crippen LogP contribution is 2.16. The number of anilines is 1. The minimum Gasteiger partial charge on any atom is -0.359 e. The van der Waals surface area contributed by atoms with Crippen LogP contribution in [0.2, 0.25) is 0 Å². The van der Waals surface area contributed by atoms with Gasteiger partial charge in [0.15, 0.2) is 11.7 Å². The molecule has 0 bridgehead atoms. The van der Waals surface area contributed by atoms with Gasteiger partial charge in [0.2, 0.25) is 5.91 Å². The Morgan fingerprint density at radius 3 is 2.88 bits per heavy atom. The van der Waals surface area contributed by atoms with Crippen molar-refractivity contribution in [3.8, 4) is 0 Å². The molecule has 1 N–H and O–H groups in total. The number of aryl methyl sites for hydroxylation is 2. The number of carbonyl (C=O) groups is 1. The highest BCUT2D eigenvalue weighted by Gasteiger charge is 2.27. The molecule has 2 aromatic rings. The fourth-order valence-corrected chi connectivity index (χ4v) is 2.78. The van der Waals surface area contributed by atoms with E-state index in [-0.39, 0.29) is 12.5 Å². The monoisotopic (exact) mass is 345 g/mol. The van der Waals surface area contributed by atoms with E-state index in [1.165, 1.54) is 0 Å². The summed E-state index contributed by atoms with van der Waals surface area (Å²) in [6.07, 6.45) is 4.38. The molecule has 1 aliphatic rings. The van der Waals surface area contributed by atoms with Crippen LogP contribution in [0.3, 0.4) is 0 Å². The first-order valence-electron chi connectivity index (χ1n) is 8.29. The Hall–Kier alpha value is -2.84. The Morgan fingerprint density at radius 1 is 1.44 bits per heavy atom. The average Bonchev–Trinajstić information content (AvgIpc) is 3.24. The van der Waals surface area contributed by atoms with Gasteiger partial charge in [-0.2, -0.15) is 5.10 Å². The van der Waals surface area contributed by atoms with E-state index in [2.05, 4.69) is 20.6 Å². The topological polar surface area (TPSA) is 91.8 Å². The van der Waals surface area contributed by atoms with Crippen molar-refractivity contribution in [3.05, 3.63) is 29.9 Å². The van der Waals surface area contributed by atoms with Crippen LogP contribution < -0.4 is 10.2 Å². The molecule has 25 heavy (non-hydrogen) atoms. The summed E-state index contributed by atoms with van der Waals surface area (Å²) in [5.74, 6) is 1.45. The molecule has 0 aliphatic carbocycles. The van der Waals surface area contributed by atoms with Crippen molar-refractivity contribution >= 4 is 17.6 Å². The maximum atomic E-state index is 12.5. The van der Waals surface area contributed by atoms with Crippen LogP contribution in [-0.2, 0) is 24.8 Å². The number of hydrogen-bond donors (Lipinski definition) is 1. The zero-order valence-corrected chi connectivity index (χ0v) is 14.8. The van der Waals surface area contributed by atoms with Gasteiger partial charge in [0.05, 0.1) is 24.1 Å². The van der Waals surface area contributed by atoms with Crippen LogP contribution in [0.4, 0.5) is 5.69 Å². The summed E-state index contributed by atoms with van der Waals surface area (Å²) >= 11 is 0. The van der Waals surface area contributed by atoms with E-state index in [0.29, 0.717) is 25.6 Å². The van der Waals surface area contributed by atoms with Crippen LogP contribution in [0.25, 0.3) is 0 Å².